The molecule has 0 aliphatic heterocycles. The topological polar surface area (TPSA) is 59.6 Å². The number of carbonyl (C=O) groups excluding carboxylic acids is 1. The van der Waals surface area contributed by atoms with Crippen molar-refractivity contribution in [3.05, 3.63) is 76.7 Å². The number of hydrogen-bond donors (Lipinski definition) is 2. The molecular weight excluding hydrogens is 442 g/mol. The quantitative estimate of drug-likeness (QED) is 0.320. The van der Waals surface area contributed by atoms with Gasteiger partial charge in [-0.05, 0) is 55.0 Å². The molecular formula is C22H20F2N2O3S2. The largest absolute Gasteiger partial charge is 0.462 e. The minimum atomic E-state index is -2.88. The predicted octanol–water partition coefficient (Wildman–Crippen LogP) is 5.93. The van der Waals surface area contributed by atoms with Gasteiger partial charge in [0.1, 0.15) is 10.8 Å². The average Bonchev–Trinajstić information content (AvgIpc) is 3.12. The van der Waals surface area contributed by atoms with E-state index in [2.05, 4.69) is 15.4 Å². The summed E-state index contributed by atoms with van der Waals surface area (Å²) in [6.45, 7) is -0.875. The van der Waals surface area contributed by atoms with Gasteiger partial charge in [-0.2, -0.15) is 8.78 Å². The number of halogens is 2. The Kier molecular flexibility index (Phi) is 7.91. The van der Waals surface area contributed by atoms with Crippen LogP contribution in [0.25, 0.3) is 0 Å². The van der Waals surface area contributed by atoms with E-state index >= 15 is 0 Å². The first-order chi connectivity index (χ1) is 14.9. The summed E-state index contributed by atoms with van der Waals surface area (Å²) in [4.78, 5) is 13.4. The van der Waals surface area contributed by atoms with Crippen molar-refractivity contribution in [1.29, 1.82) is 0 Å². The molecule has 0 radical (unpaired) electrons. The van der Waals surface area contributed by atoms with Crippen molar-refractivity contribution < 1.29 is 23.0 Å². The van der Waals surface area contributed by atoms with Gasteiger partial charge in [-0.3, -0.25) is 0 Å². The van der Waals surface area contributed by atoms with E-state index in [9.17, 15) is 13.6 Å². The third-order valence-corrected chi connectivity index (χ3v) is 5.32. The Bertz CT molecular complexity index is 1020. The van der Waals surface area contributed by atoms with Gasteiger partial charge < -0.3 is 20.1 Å². The van der Waals surface area contributed by atoms with E-state index in [4.69, 9.17) is 17.0 Å². The Hall–Kier alpha value is -3.04. The summed E-state index contributed by atoms with van der Waals surface area (Å²) in [5, 5.41) is 6.82. The maximum Gasteiger partial charge on any atom is 0.387 e. The van der Waals surface area contributed by atoms with Gasteiger partial charge >= 0.3 is 12.6 Å². The van der Waals surface area contributed by atoms with Gasteiger partial charge in [-0.15, -0.1) is 11.3 Å². The van der Waals surface area contributed by atoms with E-state index in [-0.39, 0.29) is 17.5 Å². The van der Waals surface area contributed by atoms with Crippen molar-refractivity contribution in [3.63, 3.8) is 0 Å². The van der Waals surface area contributed by atoms with Gasteiger partial charge in [-0.25, -0.2) is 4.79 Å². The van der Waals surface area contributed by atoms with Crippen LogP contribution in [0.2, 0.25) is 0 Å². The highest BCUT2D eigenvalue weighted by Gasteiger charge is 2.18. The fourth-order valence-electron chi connectivity index (χ4n) is 2.76. The number of thiocarbonyl (C=S) groups is 1. The molecule has 0 bridgehead atoms. The Morgan fingerprint density at radius 2 is 1.81 bits per heavy atom. The molecule has 2 aromatic carbocycles. The van der Waals surface area contributed by atoms with Gasteiger partial charge in [0.2, 0.25) is 0 Å². The maximum atomic E-state index is 12.4. The average molecular weight is 463 g/mol. The number of nitrogens with one attached hydrogen (secondary N) is 2. The van der Waals surface area contributed by atoms with E-state index in [1.165, 1.54) is 23.5 Å². The molecule has 0 saturated heterocycles. The smallest absolute Gasteiger partial charge is 0.387 e. The van der Waals surface area contributed by atoms with Gasteiger partial charge in [0, 0.05) is 17.0 Å². The number of hydrogen-bond acceptors (Lipinski definition) is 5. The summed E-state index contributed by atoms with van der Waals surface area (Å²) >= 11 is 6.77. The fourth-order valence-corrected chi connectivity index (χ4v) is 4.13. The lowest BCUT2D eigenvalue weighted by Crippen LogP contribution is -2.20. The lowest BCUT2D eigenvalue weighted by Gasteiger charge is -2.11. The first-order valence-corrected chi connectivity index (χ1v) is 10.6. The second-order valence-electron chi connectivity index (χ2n) is 6.32. The number of ether oxygens (including phenoxy) is 2. The van der Waals surface area contributed by atoms with Crippen LogP contribution < -0.4 is 15.4 Å². The van der Waals surface area contributed by atoms with Crippen LogP contribution in [0, 0.1) is 0 Å². The van der Waals surface area contributed by atoms with Gasteiger partial charge in [0.15, 0.2) is 5.11 Å². The summed E-state index contributed by atoms with van der Waals surface area (Å²) in [5.41, 5.74) is 2.11. The van der Waals surface area contributed by atoms with Crippen LogP contribution >= 0.6 is 23.6 Å². The molecule has 1 heterocycles. The van der Waals surface area contributed by atoms with E-state index in [0.717, 1.165) is 10.4 Å². The number of rotatable bonds is 8. The molecule has 5 nitrogen and oxygen atoms in total. The molecule has 2 N–H and O–H groups in total. The third kappa shape index (κ3) is 6.73. The molecule has 0 amide bonds. The lowest BCUT2D eigenvalue weighted by atomic mass is 10.1. The third-order valence-electron chi connectivity index (χ3n) is 4.06. The Labute approximate surface area is 188 Å². The van der Waals surface area contributed by atoms with Crippen molar-refractivity contribution in [1.82, 2.24) is 0 Å². The zero-order chi connectivity index (χ0) is 22.2. The second kappa shape index (κ2) is 10.8. The molecule has 0 aliphatic carbocycles. The van der Waals surface area contributed by atoms with Crippen molar-refractivity contribution in [2.45, 2.75) is 20.0 Å². The zero-order valence-corrected chi connectivity index (χ0v) is 18.2. The molecule has 0 spiro atoms. The first kappa shape index (κ1) is 22.6. The highest BCUT2D eigenvalue weighted by Crippen LogP contribution is 2.31. The number of carbonyl (C=O) groups is 1. The molecule has 0 atom stereocenters. The predicted molar refractivity (Wildman–Crippen MR) is 122 cm³/mol. The molecule has 162 valence electrons. The van der Waals surface area contributed by atoms with Gasteiger partial charge in [0.25, 0.3) is 0 Å². The first-order valence-electron chi connectivity index (χ1n) is 9.41. The SMILES string of the molecule is CCOC(=O)c1cc(Cc2ccccc2)sc1NC(=S)Nc1ccc(OC(F)F)cc1. The standard InChI is InChI=1S/C22H20F2N2O3S2/c1-2-28-20(27)18-13-17(12-14-6-4-3-5-7-14)31-19(18)26-22(30)25-15-8-10-16(11-9-15)29-21(23)24/h3-11,13,21H,2,12H2,1H3,(H2,25,26,30). The number of thiophene rings is 1. The summed E-state index contributed by atoms with van der Waals surface area (Å²) in [7, 11) is 0. The molecule has 9 heteroatoms. The van der Waals surface area contributed by atoms with Crippen molar-refractivity contribution in [2.24, 2.45) is 0 Å². The Morgan fingerprint density at radius 3 is 2.45 bits per heavy atom. The number of alkyl halides is 2. The molecule has 0 aliphatic rings. The van der Waals surface area contributed by atoms with Crippen LogP contribution in [-0.4, -0.2) is 24.3 Å². The van der Waals surface area contributed by atoms with Crippen molar-refractivity contribution >= 4 is 45.3 Å². The van der Waals surface area contributed by atoms with Crippen molar-refractivity contribution in [3.8, 4) is 5.75 Å². The summed E-state index contributed by atoms with van der Waals surface area (Å²) < 4.78 is 34.0. The van der Waals surface area contributed by atoms with Gasteiger partial charge in [-0.1, -0.05) is 30.3 Å². The Morgan fingerprint density at radius 1 is 1.10 bits per heavy atom. The minimum absolute atomic E-state index is 0.0489. The molecule has 1 aromatic heterocycles. The second-order valence-corrected chi connectivity index (χ2v) is 7.87. The van der Waals surface area contributed by atoms with Crippen molar-refractivity contribution in [2.75, 3.05) is 17.2 Å². The van der Waals surface area contributed by atoms with Gasteiger partial charge in [0.05, 0.1) is 12.2 Å². The van der Waals surface area contributed by atoms with Crippen LogP contribution in [0.5, 0.6) is 5.75 Å². The molecule has 3 aromatic rings. The Balaban J connectivity index is 1.72. The highest BCUT2D eigenvalue weighted by atomic mass is 32.1. The highest BCUT2D eigenvalue weighted by molar-refractivity contribution is 7.80. The molecule has 0 unspecified atom stereocenters. The maximum absolute atomic E-state index is 12.4. The van der Waals surface area contributed by atoms with Crippen LogP contribution in [0.15, 0.2) is 60.7 Å². The van der Waals surface area contributed by atoms with E-state index in [1.807, 2.05) is 30.3 Å². The van der Waals surface area contributed by atoms with Crippen LogP contribution in [0.1, 0.15) is 27.7 Å². The van der Waals surface area contributed by atoms with Crippen LogP contribution in [0.4, 0.5) is 19.5 Å². The lowest BCUT2D eigenvalue weighted by molar-refractivity contribution is -0.0498. The molecule has 3 rings (SSSR count). The van der Waals surface area contributed by atoms with E-state index < -0.39 is 12.6 Å². The van der Waals surface area contributed by atoms with E-state index in [0.29, 0.717) is 22.7 Å². The summed E-state index contributed by atoms with van der Waals surface area (Å²) in [6.07, 6.45) is 0.672. The molecule has 0 fully saturated rings. The molecule has 0 saturated carbocycles. The number of benzene rings is 2. The normalized spacial score (nSPS) is 10.6. The zero-order valence-electron chi connectivity index (χ0n) is 16.6. The summed E-state index contributed by atoms with van der Waals surface area (Å²) in [5.74, 6) is -0.385. The molecule has 31 heavy (non-hydrogen) atoms. The number of esters is 1. The monoisotopic (exact) mass is 462 g/mol. The van der Waals surface area contributed by atoms with Crippen LogP contribution in [0.3, 0.4) is 0 Å². The van der Waals surface area contributed by atoms with E-state index in [1.54, 1.807) is 25.1 Å². The minimum Gasteiger partial charge on any atom is -0.462 e. The fraction of sp³-hybridized carbons (Fsp3) is 0.182. The number of anilines is 2. The summed E-state index contributed by atoms with van der Waals surface area (Å²) in [6, 6.07) is 17.7. The van der Waals surface area contributed by atoms with Crippen LogP contribution in [-0.2, 0) is 11.2 Å².